The normalized spacial score (nSPS) is 15.5. The first-order chi connectivity index (χ1) is 15.2. The van der Waals surface area contributed by atoms with Gasteiger partial charge in [-0.1, -0.05) is 60.7 Å². The van der Waals surface area contributed by atoms with E-state index in [4.69, 9.17) is 0 Å². The molecule has 2 N–H and O–H groups in total. The Balaban J connectivity index is 1.20. The minimum Gasteiger partial charge on any atom is -0.371 e. The SMILES string of the molecule is O=C(CNC(=O)c1ccc(-c2ccccc2)cc1)NCC1CCN(c2ccccc2)C1. The molecule has 158 valence electrons. The highest BCUT2D eigenvalue weighted by atomic mass is 16.2. The molecule has 0 aromatic heterocycles. The van der Waals surface area contributed by atoms with Gasteiger partial charge in [0.25, 0.3) is 5.91 Å². The monoisotopic (exact) mass is 413 g/mol. The van der Waals surface area contributed by atoms with Gasteiger partial charge in [0, 0.05) is 30.9 Å². The number of carbonyl (C=O) groups excluding carboxylic acids is 2. The maximum Gasteiger partial charge on any atom is 0.251 e. The Morgan fingerprint density at radius 3 is 2.16 bits per heavy atom. The van der Waals surface area contributed by atoms with Crippen LogP contribution in [0.2, 0.25) is 0 Å². The molecule has 1 heterocycles. The van der Waals surface area contributed by atoms with Crippen LogP contribution in [0.25, 0.3) is 11.1 Å². The second-order valence-corrected chi connectivity index (χ2v) is 7.87. The van der Waals surface area contributed by atoms with Gasteiger partial charge in [0.1, 0.15) is 0 Å². The number of nitrogens with one attached hydrogen (secondary N) is 2. The first kappa shape index (κ1) is 20.7. The lowest BCUT2D eigenvalue weighted by atomic mass is 10.0. The summed E-state index contributed by atoms with van der Waals surface area (Å²) in [6.45, 7) is 2.54. The Morgan fingerprint density at radius 2 is 1.45 bits per heavy atom. The van der Waals surface area contributed by atoms with E-state index in [1.807, 2.05) is 60.7 Å². The lowest BCUT2D eigenvalue weighted by Crippen LogP contribution is -2.39. The molecular formula is C26H27N3O2. The molecule has 1 aliphatic heterocycles. The van der Waals surface area contributed by atoms with Gasteiger partial charge in [-0.3, -0.25) is 9.59 Å². The molecule has 1 unspecified atom stereocenters. The molecule has 0 spiro atoms. The van der Waals surface area contributed by atoms with Gasteiger partial charge >= 0.3 is 0 Å². The van der Waals surface area contributed by atoms with Crippen molar-refractivity contribution in [2.45, 2.75) is 6.42 Å². The highest BCUT2D eigenvalue weighted by molar-refractivity contribution is 5.96. The van der Waals surface area contributed by atoms with Crippen LogP contribution in [0, 0.1) is 5.92 Å². The third kappa shape index (κ3) is 5.51. The van der Waals surface area contributed by atoms with Gasteiger partial charge in [-0.05, 0) is 47.7 Å². The van der Waals surface area contributed by atoms with E-state index < -0.39 is 0 Å². The number of hydrogen-bond donors (Lipinski definition) is 2. The largest absolute Gasteiger partial charge is 0.371 e. The number of para-hydroxylation sites is 1. The molecule has 0 radical (unpaired) electrons. The molecule has 0 bridgehead atoms. The first-order valence-corrected chi connectivity index (χ1v) is 10.7. The van der Waals surface area contributed by atoms with Crippen LogP contribution >= 0.6 is 0 Å². The summed E-state index contributed by atoms with van der Waals surface area (Å²) in [7, 11) is 0. The molecule has 0 saturated carbocycles. The highest BCUT2D eigenvalue weighted by Crippen LogP contribution is 2.23. The molecule has 5 nitrogen and oxygen atoms in total. The van der Waals surface area contributed by atoms with Crippen LogP contribution in [-0.4, -0.2) is 38.0 Å². The second-order valence-electron chi connectivity index (χ2n) is 7.87. The van der Waals surface area contributed by atoms with Gasteiger partial charge in [0.15, 0.2) is 0 Å². The topological polar surface area (TPSA) is 61.4 Å². The van der Waals surface area contributed by atoms with Crippen molar-refractivity contribution in [1.29, 1.82) is 0 Å². The molecular weight excluding hydrogens is 386 g/mol. The van der Waals surface area contributed by atoms with Gasteiger partial charge in [0.05, 0.1) is 6.54 Å². The minimum atomic E-state index is -0.245. The predicted molar refractivity (Wildman–Crippen MR) is 124 cm³/mol. The van der Waals surface area contributed by atoms with Crippen molar-refractivity contribution < 1.29 is 9.59 Å². The number of rotatable bonds is 7. The highest BCUT2D eigenvalue weighted by Gasteiger charge is 2.23. The fraction of sp³-hybridized carbons (Fsp3) is 0.231. The van der Waals surface area contributed by atoms with Crippen LogP contribution in [0.4, 0.5) is 5.69 Å². The van der Waals surface area contributed by atoms with E-state index in [2.05, 4.69) is 27.7 Å². The van der Waals surface area contributed by atoms with E-state index in [1.54, 1.807) is 12.1 Å². The van der Waals surface area contributed by atoms with Crippen LogP contribution in [0.5, 0.6) is 0 Å². The van der Waals surface area contributed by atoms with Crippen molar-refractivity contribution in [2.75, 3.05) is 31.1 Å². The van der Waals surface area contributed by atoms with Crippen molar-refractivity contribution in [3.8, 4) is 11.1 Å². The number of nitrogens with zero attached hydrogens (tertiary/aromatic N) is 1. The van der Waals surface area contributed by atoms with Crippen LogP contribution in [-0.2, 0) is 4.79 Å². The Bertz CT molecular complexity index is 1000. The van der Waals surface area contributed by atoms with E-state index in [0.717, 1.165) is 30.6 Å². The molecule has 1 atom stereocenters. The van der Waals surface area contributed by atoms with Crippen LogP contribution in [0.1, 0.15) is 16.8 Å². The fourth-order valence-electron chi connectivity index (χ4n) is 3.90. The van der Waals surface area contributed by atoms with Crippen molar-refractivity contribution in [2.24, 2.45) is 5.92 Å². The lowest BCUT2D eigenvalue weighted by Gasteiger charge is -2.18. The van der Waals surface area contributed by atoms with E-state index in [1.165, 1.54) is 5.69 Å². The average molecular weight is 414 g/mol. The third-order valence-corrected chi connectivity index (χ3v) is 5.66. The van der Waals surface area contributed by atoms with Gasteiger partial charge in [-0.2, -0.15) is 0 Å². The van der Waals surface area contributed by atoms with E-state index in [-0.39, 0.29) is 18.4 Å². The Morgan fingerprint density at radius 1 is 0.806 bits per heavy atom. The van der Waals surface area contributed by atoms with Gasteiger partial charge < -0.3 is 15.5 Å². The van der Waals surface area contributed by atoms with Crippen LogP contribution < -0.4 is 15.5 Å². The summed E-state index contributed by atoms with van der Waals surface area (Å²) in [6.07, 6.45) is 1.05. The standard InChI is InChI=1S/C26H27N3O2/c30-25(27-17-20-15-16-29(19-20)24-9-5-2-6-10-24)18-28-26(31)23-13-11-22(12-14-23)21-7-3-1-4-8-21/h1-14,20H,15-19H2,(H,27,30)(H,28,31). The molecule has 1 saturated heterocycles. The second kappa shape index (κ2) is 9.94. The molecule has 4 rings (SSSR count). The van der Waals surface area contributed by atoms with Crippen LogP contribution in [0.3, 0.4) is 0 Å². The average Bonchev–Trinajstić information content (AvgIpc) is 3.31. The molecule has 3 aromatic rings. The smallest absolute Gasteiger partial charge is 0.251 e. The van der Waals surface area contributed by atoms with Gasteiger partial charge in [-0.15, -0.1) is 0 Å². The minimum absolute atomic E-state index is 0.0195. The van der Waals surface area contributed by atoms with Crippen molar-refractivity contribution >= 4 is 17.5 Å². The molecule has 1 fully saturated rings. The zero-order valence-electron chi connectivity index (χ0n) is 17.5. The predicted octanol–water partition coefficient (Wildman–Crippen LogP) is 3.73. The number of hydrogen-bond acceptors (Lipinski definition) is 3. The van der Waals surface area contributed by atoms with Crippen molar-refractivity contribution in [3.05, 3.63) is 90.5 Å². The molecule has 5 heteroatoms. The zero-order chi connectivity index (χ0) is 21.5. The summed E-state index contributed by atoms with van der Waals surface area (Å²) in [5.74, 6) is 0.0173. The molecule has 3 aromatic carbocycles. The molecule has 0 aliphatic carbocycles. The first-order valence-electron chi connectivity index (χ1n) is 10.7. The molecule has 31 heavy (non-hydrogen) atoms. The lowest BCUT2D eigenvalue weighted by molar-refractivity contribution is -0.120. The quantitative estimate of drug-likeness (QED) is 0.621. The maximum atomic E-state index is 12.4. The molecule has 2 amide bonds. The summed E-state index contributed by atoms with van der Waals surface area (Å²) in [6, 6.07) is 27.7. The Hall–Kier alpha value is -3.60. The van der Waals surface area contributed by atoms with Gasteiger partial charge in [-0.25, -0.2) is 0 Å². The van der Waals surface area contributed by atoms with Crippen molar-refractivity contribution in [1.82, 2.24) is 10.6 Å². The van der Waals surface area contributed by atoms with E-state index >= 15 is 0 Å². The summed E-state index contributed by atoms with van der Waals surface area (Å²) >= 11 is 0. The Kier molecular flexibility index (Phi) is 6.62. The summed E-state index contributed by atoms with van der Waals surface area (Å²) < 4.78 is 0. The summed E-state index contributed by atoms with van der Waals surface area (Å²) in [5, 5.41) is 5.66. The van der Waals surface area contributed by atoms with Crippen molar-refractivity contribution in [3.63, 3.8) is 0 Å². The third-order valence-electron chi connectivity index (χ3n) is 5.66. The maximum absolute atomic E-state index is 12.4. The van der Waals surface area contributed by atoms with Crippen LogP contribution in [0.15, 0.2) is 84.9 Å². The number of carbonyl (C=O) groups is 2. The number of anilines is 1. The van der Waals surface area contributed by atoms with Gasteiger partial charge in [0.2, 0.25) is 5.91 Å². The van der Waals surface area contributed by atoms with E-state index in [9.17, 15) is 9.59 Å². The summed E-state index contributed by atoms with van der Waals surface area (Å²) in [5.41, 5.74) is 3.92. The Labute approximate surface area is 183 Å². The van der Waals surface area contributed by atoms with E-state index in [0.29, 0.717) is 18.0 Å². The summed E-state index contributed by atoms with van der Waals surface area (Å²) in [4.78, 5) is 26.9. The zero-order valence-corrected chi connectivity index (χ0v) is 17.5. The molecule has 1 aliphatic rings. The fourth-order valence-corrected chi connectivity index (χ4v) is 3.90. The number of benzene rings is 3. The number of amides is 2.